The zero-order valence-electron chi connectivity index (χ0n) is 20.3. The summed E-state index contributed by atoms with van der Waals surface area (Å²) in [5.74, 6) is -2.49. The lowest BCUT2D eigenvalue weighted by Gasteiger charge is -2.24. The molecule has 6 aromatic rings. The molecule has 0 spiro atoms. The first kappa shape index (κ1) is 26.3. The predicted molar refractivity (Wildman–Crippen MR) is 159 cm³/mol. The number of nitrogens with two attached hydrogens (primary N) is 1. The first-order chi connectivity index (χ1) is 18.8. The first-order valence-electron chi connectivity index (χ1n) is 11.4. The molecule has 0 saturated heterocycles. The van der Waals surface area contributed by atoms with Crippen molar-refractivity contribution < 1.29 is 14.7 Å². The molecular formula is C27H14Cl4N4O5. The van der Waals surface area contributed by atoms with E-state index in [0.29, 0.717) is 10.8 Å². The highest BCUT2D eigenvalue weighted by Crippen LogP contribution is 2.53. The maximum absolute atomic E-state index is 13.3. The van der Waals surface area contributed by atoms with E-state index in [1.54, 1.807) is 32.3 Å². The van der Waals surface area contributed by atoms with Crippen LogP contribution >= 0.6 is 46.4 Å². The number of rotatable bonds is 3. The average molecular weight is 616 g/mol. The van der Waals surface area contributed by atoms with Crippen LogP contribution in [0.25, 0.3) is 53.9 Å². The Morgan fingerprint density at radius 3 is 1.88 bits per heavy atom. The average Bonchev–Trinajstić information content (AvgIpc) is 3.18. The molecule has 0 radical (unpaired) electrons. The van der Waals surface area contributed by atoms with Crippen molar-refractivity contribution in [1.82, 2.24) is 9.88 Å². The van der Waals surface area contributed by atoms with Gasteiger partial charge in [-0.3, -0.25) is 24.8 Å². The Morgan fingerprint density at radius 1 is 0.750 bits per heavy atom. The van der Waals surface area contributed by atoms with Crippen LogP contribution in [0.15, 0.2) is 27.8 Å². The number of H-pyrrole nitrogens is 1. The summed E-state index contributed by atoms with van der Waals surface area (Å²) in [6.45, 7) is 0. The number of amidine groups is 1. The molecule has 40 heavy (non-hydrogen) atoms. The third-order valence-electron chi connectivity index (χ3n) is 7.19. The summed E-state index contributed by atoms with van der Waals surface area (Å²) >= 11 is 26.7. The van der Waals surface area contributed by atoms with E-state index in [4.69, 9.17) is 57.5 Å². The molecule has 1 aromatic heterocycles. The third kappa shape index (κ3) is 3.08. The van der Waals surface area contributed by atoms with E-state index < -0.39 is 23.0 Å². The van der Waals surface area contributed by atoms with Crippen LogP contribution in [-0.2, 0) is 0 Å². The maximum Gasteiger partial charge on any atom is 0.337 e. The Labute approximate surface area is 242 Å². The number of fused-ring (bicyclic) bond motifs is 4. The third-order valence-corrected chi connectivity index (χ3v) is 8.90. The van der Waals surface area contributed by atoms with Crippen LogP contribution in [0.3, 0.4) is 0 Å². The molecule has 0 aliphatic rings. The Bertz CT molecular complexity index is 2310. The molecule has 0 saturated carbocycles. The number of aromatic nitrogens is 1. The summed E-state index contributed by atoms with van der Waals surface area (Å²) in [4.78, 5) is 55.3. The van der Waals surface area contributed by atoms with Gasteiger partial charge in [-0.25, -0.2) is 4.79 Å². The van der Waals surface area contributed by atoms with Crippen molar-refractivity contribution in [2.45, 2.75) is 0 Å². The number of amides is 1. The molecule has 1 amide bonds. The number of carbonyl (C=O) groups excluding carboxylic acids is 1. The number of carbonyl (C=O) groups is 2. The lowest BCUT2D eigenvalue weighted by molar-refractivity contribution is 0.0699. The molecule has 0 unspecified atom stereocenters. The number of nitrogens with zero attached hydrogens (tertiary/aromatic N) is 1. The standard InChI is InChI=1S/C27H14Cl4N4O5/c1-35(2)23(32)15-9-6-4-3-5-7-8(6)13(20(29)19(28)10(7)27(39)40)14-11(9)12(16-17(15)26(38)34-25(16)37)18(24(33)36)22(31)21(14)30/h3-5,32H,1-2H3,(H2,33,36)(H,39,40)(H,34,37,38). The van der Waals surface area contributed by atoms with E-state index in [2.05, 4.69) is 4.98 Å². The molecule has 0 fully saturated rings. The molecule has 13 heteroatoms. The molecule has 1 heterocycles. The summed E-state index contributed by atoms with van der Waals surface area (Å²) in [6.07, 6.45) is 0. The first-order valence-corrected chi connectivity index (χ1v) is 13.0. The van der Waals surface area contributed by atoms with Crippen molar-refractivity contribution in [3.05, 3.63) is 75.7 Å². The normalized spacial score (nSPS) is 11.9. The topological polar surface area (TPSA) is 157 Å². The summed E-state index contributed by atoms with van der Waals surface area (Å²) < 4.78 is 0. The van der Waals surface area contributed by atoms with Crippen molar-refractivity contribution in [1.29, 1.82) is 5.41 Å². The lowest BCUT2D eigenvalue weighted by atomic mass is 9.82. The van der Waals surface area contributed by atoms with Gasteiger partial charge in [0, 0.05) is 46.6 Å². The van der Waals surface area contributed by atoms with Crippen LogP contribution in [0.5, 0.6) is 0 Å². The summed E-state index contributed by atoms with van der Waals surface area (Å²) in [7, 11) is 3.17. The van der Waals surface area contributed by atoms with Gasteiger partial charge in [0.15, 0.2) is 0 Å². The zero-order chi connectivity index (χ0) is 29.1. The Balaban J connectivity index is 2.21. The van der Waals surface area contributed by atoms with Crippen molar-refractivity contribution in [2.75, 3.05) is 14.1 Å². The van der Waals surface area contributed by atoms with Gasteiger partial charge in [-0.15, -0.1) is 0 Å². The number of carboxylic acid groups (broad SMARTS) is 1. The quantitative estimate of drug-likeness (QED) is 0.0868. The van der Waals surface area contributed by atoms with Gasteiger partial charge in [-0.2, -0.15) is 0 Å². The van der Waals surface area contributed by atoms with Crippen LogP contribution in [0, 0.1) is 5.41 Å². The minimum Gasteiger partial charge on any atom is -0.478 e. The molecular weight excluding hydrogens is 602 g/mol. The second-order valence-corrected chi connectivity index (χ2v) is 10.9. The minimum atomic E-state index is -1.33. The van der Waals surface area contributed by atoms with E-state index in [0.717, 1.165) is 0 Å². The molecule has 5 aromatic carbocycles. The van der Waals surface area contributed by atoms with Crippen molar-refractivity contribution in [3.8, 4) is 0 Å². The highest BCUT2D eigenvalue weighted by molar-refractivity contribution is 6.58. The van der Waals surface area contributed by atoms with E-state index in [-0.39, 0.29) is 85.7 Å². The SMILES string of the molecule is CN(C)C(=N)c1c2c(=O)[nH]c(=O)c2c2c(C(N)=O)c(Cl)c(Cl)c3c4c(Cl)c(Cl)c(C(=O)O)c5cccc(c1c32)c54. The minimum absolute atomic E-state index is 0.0438. The van der Waals surface area contributed by atoms with Gasteiger partial charge in [0.2, 0.25) is 0 Å². The molecule has 0 aliphatic carbocycles. The van der Waals surface area contributed by atoms with Crippen molar-refractivity contribution in [2.24, 2.45) is 5.73 Å². The summed E-state index contributed by atoms with van der Waals surface area (Å²) in [5, 5.41) is 19.5. The number of carboxylic acids is 1. The fourth-order valence-corrected chi connectivity index (χ4v) is 6.82. The number of primary amides is 1. The van der Waals surface area contributed by atoms with Gasteiger partial charge in [-0.05, 0) is 16.2 Å². The molecule has 9 nitrogen and oxygen atoms in total. The fourth-order valence-electron chi connectivity index (χ4n) is 5.70. The number of nitrogens with one attached hydrogen (secondary N) is 2. The summed E-state index contributed by atoms with van der Waals surface area (Å²) in [6, 6.07) is 4.78. The van der Waals surface area contributed by atoms with E-state index in [9.17, 15) is 24.3 Å². The monoisotopic (exact) mass is 614 g/mol. The Kier molecular flexibility index (Phi) is 5.63. The number of hydrogen-bond acceptors (Lipinski definition) is 5. The van der Waals surface area contributed by atoms with Gasteiger partial charge < -0.3 is 15.7 Å². The molecule has 6 rings (SSSR count). The van der Waals surface area contributed by atoms with Crippen LogP contribution in [0.1, 0.15) is 26.3 Å². The Hall–Kier alpha value is -3.89. The zero-order valence-corrected chi connectivity index (χ0v) is 23.4. The number of halogens is 4. The lowest BCUT2D eigenvalue weighted by Crippen LogP contribution is -2.24. The molecule has 0 bridgehead atoms. The van der Waals surface area contributed by atoms with Crippen LogP contribution in [-0.4, -0.2) is 46.8 Å². The molecule has 5 N–H and O–H groups in total. The second kappa shape index (κ2) is 8.55. The number of benzene rings is 5. The van der Waals surface area contributed by atoms with Gasteiger partial charge in [-0.1, -0.05) is 64.6 Å². The van der Waals surface area contributed by atoms with Crippen LogP contribution in [0.4, 0.5) is 0 Å². The maximum atomic E-state index is 13.3. The van der Waals surface area contributed by atoms with Crippen molar-refractivity contribution >= 4 is 118 Å². The van der Waals surface area contributed by atoms with E-state index in [1.807, 2.05) is 0 Å². The van der Waals surface area contributed by atoms with Gasteiger partial charge in [0.05, 0.1) is 42.0 Å². The fraction of sp³-hybridized carbons (Fsp3) is 0.0741. The number of hydrogen-bond donors (Lipinski definition) is 4. The highest BCUT2D eigenvalue weighted by Gasteiger charge is 2.33. The van der Waals surface area contributed by atoms with E-state index >= 15 is 0 Å². The van der Waals surface area contributed by atoms with E-state index in [1.165, 1.54) is 4.90 Å². The Morgan fingerprint density at radius 2 is 1.30 bits per heavy atom. The second-order valence-electron chi connectivity index (χ2n) is 9.43. The van der Waals surface area contributed by atoms with Crippen LogP contribution < -0.4 is 16.9 Å². The molecule has 0 aliphatic heterocycles. The van der Waals surface area contributed by atoms with Crippen LogP contribution in [0.2, 0.25) is 20.1 Å². The summed E-state index contributed by atoms with van der Waals surface area (Å²) in [5.41, 5.74) is 3.64. The van der Waals surface area contributed by atoms with Crippen molar-refractivity contribution in [3.63, 3.8) is 0 Å². The largest absolute Gasteiger partial charge is 0.478 e. The highest BCUT2D eigenvalue weighted by atomic mass is 35.5. The molecule has 200 valence electrons. The predicted octanol–water partition coefficient (Wildman–Crippen LogP) is 5.67. The molecule has 0 atom stereocenters. The van der Waals surface area contributed by atoms with Gasteiger partial charge in [0.1, 0.15) is 5.84 Å². The smallest absolute Gasteiger partial charge is 0.337 e. The number of aromatic carboxylic acids is 1. The van der Waals surface area contributed by atoms with Gasteiger partial charge in [0.25, 0.3) is 17.0 Å². The number of aromatic amines is 1. The van der Waals surface area contributed by atoms with Gasteiger partial charge >= 0.3 is 5.97 Å².